The van der Waals surface area contributed by atoms with Crippen LogP contribution in [0.2, 0.25) is 19.6 Å². The van der Waals surface area contributed by atoms with Crippen LogP contribution in [0.15, 0.2) is 0 Å². The van der Waals surface area contributed by atoms with Gasteiger partial charge in [0, 0.05) is 0 Å². The summed E-state index contributed by atoms with van der Waals surface area (Å²) in [6.45, 7) is 7.98. The van der Waals surface area contributed by atoms with E-state index in [2.05, 4.69) is 19.6 Å². The summed E-state index contributed by atoms with van der Waals surface area (Å²) in [4.78, 5) is 0. The van der Waals surface area contributed by atoms with Gasteiger partial charge in [-0.1, -0.05) is 0 Å². The summed E-state index contributed by atoms with van der Waals surface area (Å²) in [5.74, 6) is 0. The molecule has 0 spiro atoms. The third-order valence-electron chi connectivity index (χ3n) is 1.03. The van der Waals surface area contributed by atoms with Crippen molar-refractivity contribution < 1.29 is 13.3 Å². The van der Waals surface area contributed by atoms with Gasteiger partial charge in [-0.2, -0.15) is 0 Å². The van der Waals surface area contributed by atoms with Crippen LogP contribution in [0.4, 0.5) is 0 Å². The van der Waals surface area contributed by atoms with Crippen molar-refractivity contribution >= 4 is 16.9 Å². The van der Waals surface area contributed by atoms with Crippen molar-refractivity contribution in [2.24, 2.45) is 0 Å². The molecule has 0 aromatic carbocycles. The van der Waals surface area contributed by atoms with Crippen LogP contribution in [-0.2, 0) is 13.3 Å². The van der Waals surface area contributed by atoms with Crippen LogP contribution in [0.5, 0.6) is 0 Å². The predicted molar refractivity (Wildman–Crippen MR) is 47.9 cm³/mol. The second-order valence-corrected chi connectivity index (χ2v) is 9.37. The van der Waals surface area contributed by atoms with Gasteiger partial charge < -0.3 is 13.3 Å². The second-order valence-electron chi connectivity index (χ2n) is 3.45. The van der Waals surface area contributed by atoms with Crippen LogP contribution in [0.25, 0.3) is 0 Å². The third-order valence-corrected chi connectivity index (χ3v) is 4.60. The molecule has 5 heteroatoms. The average molecular weight is 194 g/mol. The first-order valence-corrected chi connectivity index (χ1v) is 8.33. The van der Waals surface area contributed by atoms with Crippen LogP contribution < -0.4 is 0 Å². The highest BCUT2D eigenvalue weighted by Gasteiger charge is 2.25. The maximum absolute atomic E-state index is 5.64. The average Bonchev–Trinajstić information content (AvgIpc) is 1.85. The highest BCUT2D eigenvalue weighted by molar-refractivity contribution is 7.43. The van der Waals surface area contributed by atoms with Gasteiger partial charge in [0.25, 0.3) is 0 Å². The molecule has 0 N–H and O–H groups in total. The summed E-state index contributed by atoms with van der Waals surface area (Å²) < 4.78 is 16.3. The monoisotopic (exact) mass is 194 g/mol. The van der Waals surface area contributed by atoms with Gasteiger partial charge in [-0.05, 0) is 26.1 Å². The molecule has 1 heterocycles. The zero-order chi connectivity index (χ0) is 8.32. The Hall–Kier alpha value is 0.527. The number of rotatable bonds is 2. The fourth-order valence-corrected chi connectivity index (χ4v) is 3.49. The van der Waals surface area contributed by atoms with Crippen LogP contribution >= 0.6 is 8.60 Å². The van der Waals surface area contributed by atoms with E-state index in [4.69, 9.17) is 13.3 Å². The zero-order valence-corrected chi connectivity index (χ0v) is 9.19. The molecule has 11 heavy (non-hydrogen) atoms. The summed E-state index contributed by atoms with van der Waals surface area (Å²) in [7, 11) is -2.46. The molecule has 3 nitrogen and oxygen atoms in total. The maximum Gasteiger partial charge on any atom is 0.321 e. The Morgan fingerprint density at radius 1 is 1.18 bits per heavy atom. The van der Waals surface area contributed by atoms with Crippen molar-refractivity contribution in [3.63, 3.8) is 0 Å². The molecule has 0 amide bonds. The van der Waals surface area contributed by atoms with Gasteiger partial charge in [-0.25, -0.2) is 0 Å². The van der Waals surface area contributed by atoms with Gasteiger partial charge in [0.05, 0.1) is 13.2 Å². The van der Waals surface area contributed by atoms with E-state index in [9.17, 15) is 0 Å². The molecule has 0 unspecified atom stereocenters. The Bertz CT molecular complexity index is 119. The first-order valence-electron chi connectivity index (χ1n) is 3.83. The predicted octanol–water partition coefficient (Wildman–Crippen LogP) is 2.50. The summed E-state index contributed by atoms with van der Waals surface area (Å²) >= 11 is 0. The lowest BCUT2D eigenvalue weighted by Gasteiger charge is -2.26. The fourth-order valence-electron chi connectivity index (χ4n) is 0.651. The van der Waals surface area contributed by atoms with Crippen molar-refractivity contribution in [1.29, 1.82) is 0 Å². The molecule has 1 aliphatic heterocycles. The van der Waals surface area contributed by atoms with Gasteiger partial charge in [0.2, 0.25) is 0 Å². The number of hydrogen-bond acceptors (Lipinski definition) is 3. The number of hydrogen-bond donors (Lipinski definition) is 0. The van der Waals surface area contributed by atoms with Crippen molar-refractivity contribution in [2.75, 3.05) is 13.2 Å². The van der Waals surface area contributed by atoms with E-state index in [1.165, 1.54) is 0 Å². The quantitative estimate of drug-likeness (QED) is 0.499. The minimum absolute atomic E-state index is 0.788. The second kappa shape index (κ2) is 3.96. The molecule has 0 radical (unpaired) electrons. The Kier molecular flexibility index (Phi) is 3.46. The lowest BCUT2D eigenvalue weighted by molar-refractivity contribution is 0.146. The lowest BCUT2D eigenvalue weighted by Crippen LogP contribution is -2.24. The first kappa shape index (κ1) is 9.61. The normalized spacial score (nSPS) is 22.1. The minimum atomic E-state index is -1.47. The van der Waals surface area contributed by atoms with Gasteiger partial charge in [-0.3, -0.25) is 0 Å². The third kappa shape index (κ3) is 4.18. The molecule has 1 rings (SSSR count). The summed E-state index contributed by atoms with van der Waals surface area (Å²) in [5, 5.41) is 0. The lowest BCUT2D eigenvalue weighted by atomic mass is 10.5. The molecule has 0 aromatic heterocycles. The summed E-state index contributed by atoms with van der Waals surface area (Å²) in [6, 6.07) is 0. The molecular weight excluding hydrogens is 179 g/mol. The highest BCUT2D eigenvalue weighted by Crippen LogP contribution is 2.44. The largest absolute Gasteiger partial charge is 0.355 e. The van der Waals surface area contributed by atoms with Crippen LogP contribution in [0.3, 0.4) is 0 Å². The molecule has 0 aromatic rings. The van der Waals surface area contributed by atoms with Crippen molar-refractivity contribution in [3.8, 4) is 0 Å². The Morgan fingerprint density at radius 3 is 2.18 bits per heavy atom. The van der Waals surface area contributed by atoms with Gasteiger partial charge >= 0.3 is 8.60 Å². The van der Waals surface area contributed by atoms with Crippen molar-refractivity contribution in [1.82, 2.24) is 0 Å². The molecule has 0 saturated carbocycles. The van der Waals surface area contributed by atoms with Gasteiger partial charge in [-0.15, -0.1) is 0 Å². The molecule has 0 atom stereocenters. The molecule has 66 valence electrons. The van der Waals surface area contributed by atoms with Gasteiger partial charge in [0.15, 0.2) is 8.32 Å². The first-order chi connectivity index (χ1) is 5.08. The topological polar surface area (TPSA) is 27.7 Å². The maximum atomic E-state index is 5.64. The van der Waals surface area contributed by atoms with E-state index < -0.39 is 16.9 Å². The Labute approximate surface area is 70.2 Å². The molecule has 0 bridgehead atoms. The highest BCUT2D eigenvalue weighted by atomic mass is 31.2. The van der Waals surface area contributed by atoms with E-state index in [0.29, 0.717) is 0 Å². The van der Waals surface area contributed by atoms with Crippen LogP contribution in [0, 0.1) is 0 Å². The zero-order valence-electron chi connectivity index (χ0n) is 7.29. The molecule has 0 aliphatic carbocycles. The Morgan fingerprint density at radius 2 is 1.73 bits per heavy atom. The summed E-state index contributed by atoms with van der Waals surface area (Å²) in [5.41, 5.74) is 0. The summed E-state index contributed by atoms with van der Waals surface area (Å²) in [6.07, 6.45) is 0.994. The van der Waals surface area contributed by atoms with Gasteiger partial charge in [0.1, 0.15) is 0 Å². The van der Waals surface area contributed by atoms with Crippen LogP contribution in [-0.4, -0.2) is 21.5 Å². The van der Waals surface area contributed by atoms with E-state index in [0.717, 1.165) is 19.6 Å². The SMILES string of the molecule is C[Si](C)(C)OP1OCCCO1. The minimum Gasteiger partial charge on any atom is -0.355 e. The van der Waals surface area contributed by atoms with Crippen LogP contribution in [0.1, 0.15) is 6.42 Å². The van der Waals surface area contributed by atoms with Crippen molar-refractivity contribution in [2.45, 2.75) is 26.1 Å². The van der Waals surface area contributed by atoms with E-state index >= 15 is 0 Å². The fraction of sp³-hybridized carbons (Fsp3) is 1.00. The van der Waals surface area contributed by atoms with Crippen molar-refractivity contribution in [3.05, 3.63) is 0 Å². The molecule has 1 saturated heterocycles. The van der Waals surface area contributed by atoms with E-state index in [1.54, 1.807) is 0 Å². The molecular formula is C6H15O3PSi. The molecule has 1 aliphatic rings. The standard InChI is InChI=1S/C6H15O3PSi/c1-11(2,3)9-10-7-5-4-6-8-10/h4-6H2,1-3H3. The Balaban J connectivity index is 2.24. The smallest absolute Gasteiger partial charge is 0.321 e. The van der Waals surface area contributed by atoms with E-state index in [1.807, 2.05) is 0 Å². The molecule has 1 fully saturated rings. The van der Waals surface area contributed by atoms with E-state index in [-0.39, 0.29) is 0 Å².